The molecule has 154 valence electrons. The number of H-pyrrole nitrogens is 2. The fourth-order valence-corrected chi connectivity index (χ4v) is 4.02. The second-order valence-electron chi connectivity index (χ2n) is 7.70. The van der Waals surface area contributed by atoms with Crippen LogP contribution in [-0.4, -0.2) is 28.3 Å². The highest BCUT2D eigenvalue weighted by atomic mass is 16.2. The lowest BCUT2D eigenvalue weighted by atomic mass is 10.1. The van der Waals surface area contributed by atoms with Gasteiger partial charge >= 0.3 is 0 Å². The maximum Gasteiger partial charge on any atom is 0.267 e. The van der Waals surface area contributed by atoms with Crippen LogP contribution in [0.3, 0.4) is 0 Å². The normalized spacial score (nSPS) is 14.1. The van der Waals surface area contributed by atoms with Gasteiger partial charge in [-0.05, 0) is 48.7 Å². The summed E-state index contributed by atoms with van der Waals surface area (Å²) in [6.07, 6.45) is 4.53. The van der Waals surface area contributed by atoms with Crippen molar-refractivity contribution in [2.45, 2.75) is 13.3 Å². The SMILES string of the molecule is Cc1cc(C(=O)NCCc2c[nH]c3ccccc23)[nH]c1/C=C1\C(=O)Nc2ccccc21. The van der Waals surface area contributed by atoms with E-state index >= 15 is 0 Å². The molecule has 0 radical (unpaired) electrons. The molecule has 4 N–H and O–H groups in total. The molecular formula is C25H22N4O2. The molecule has 4 aromatic rings. The zero-order valence-electron chi connectivity index (χ0n) is 17.1. The first kappa shape index (κ1) is 18.9. The summed E-state index contributed by atoms with van der Waals surface area (Å²) in [4.78, 5) is 31.4. The topological polar surface area (TPSA) is 89.8 Å². The van der Waals surface area contributed by atoms with Gasteiger partial charge in [-0.15, -0.1) is 0 Å². The Bertz CT molecular complexity index is 1340. The van der Waals surface area contributed by atoms with Crippen LogP contribution >= 0.6 is 0 Å². The Morgan fingerprint density at radius 3 is 2.81 bits per heavy atom. The van der Waals surface area contributed by atoms with Gasteiger partial charge in [-0.1, -0.05) is 36.4 Å². The molecule has 0 saturated carbocycles. The molecule has 6 nitrogen and oxygen atoms in total. The van der Waals surface area contributed by atoms with Crippen molar-refractivity contribution < 1.29 is 9.59 Å². The second-order valence-corrected chi connectivity index (χ2v) is 7.70. The van der Waals surface area contributed by atoms with Crippen molar-refractivity contribution in [2.24, 2.45) is 0 Å². The summed E-state index contributed by atoms with van der Waals surface area (Å²) in [6, 6.07) is 17.5. The van der Waals surface area contributed by atoms with Gasteiger partial charge in [0.2, 0.25) is 0 Å². The highest BCUT2D eigenvalue weighted by Crippen LogP contribution is 2.33. The summed E-state index contributed by atoms with van der Waals surface area (Å²) < 4.78 is 0. The largest absolute Gasteiger partial charge is 0.361 e. The highest BCUT2D eigenvalue weighted by molar-refractivity contribution is 6.34. The van der Waals surface area contributed by atoms with Crippen LogP contribution < -0.4 is 10.6 Å². The molecule has 0 saturated heterocycles. The molecule has 0 aliphatic carbocycles. The summed E-state index contributed by atoms with van der Waals surface area (Å²) in [7, 11) is 0. The van der Waals surface area contributed by atoms with Crippen LogP contribution in [0.4, 0.5) is 5.69 Å². The molecule has 2 aromatic carbocycles. The smallest absolute Gasteiger partial charge is 0.267 e. The molecule has 2 aromatic heterocycles. The minimum atomic E-state index is -0.163. The number of nitrogens with one attached hydrogen (secondary N) is 4. The number of para-hydroxylation sites is 2. The summed E-state index contributed by atoms with van der Waals surface area (Å²) in [6.45, 7) is 2.45. The highest BCUT2D eigenvalue weighted by Gasteiger charge is 2.24. The third kappa shape index (κ3) is 3.53. The van der Waals surface area contributed by atoms with E-state index in [1.165, 1.54) is 10.9 Å². The number of fused-ring (bicyclic) bond motifs is 2. The molecular weight excluding hydrogens is 388 g/mol. The first-order valence-electron chi connectivity index (χ1n) is 10.3. The number of rotatable bonds is 5. The predicted molar refractivity (Wildman–Crippen MR) is 123 cm³/mol. The van der Waals surface area contributed by atoms with Gasteiger partial charge in [-0.25, -0.2) is 0 Å². The zero-order chi connectivity index (χ0) is 21.4. The molecule has 3 heterocycles. The fourth-order valence-electron chi connectivity index (χ4n) is 4.02. The number of aromatic nitrogens is 2. The van der Waals surface area contributed by atoms with Crippen molar-refractivity contribution in [1.82, 2.24) is 15.3 Å². The van der Waals surface area contributed by atoms with E-state index in [2.05, 4.69) is 26.7 Å². The summed E-state index contributed by atoms with van der Waals surface area (Å²) >= 11 is 0. The molecule has 0 fully saturated rings. The van der Waals surface area contributed by atoms with E-state index in [1.54, 1.807) is 6.08 Å². The molecule has 5 rings (SSSR count). The maximum atomic E-state index is 12.7. The number of anilines is 1. The molecule has 31 heavy (non-hydrogen) atoms. The number of aromatic amines is 2. The van der Waals surface area contributed by atoms with Crippen LogP contribution in [-0.2, 0) is 11.2 Å². The Morgan fingerprint density at radius 2 is 1.90 bits per heavy atom. The third-order valence-electron chi connectivity index (χ3n) is 5.65. The Morgan fingerprint density at radius 1 is 1.10 bits per heavy atom. The van der Waals surface area contributed by atoms with Gasteiger partial charge in [0, 0.05) is 40.6 Å². The first-order chi connectivity index (χ1) is 15.1. The van der Waals surface area contributed by atoms with Crippen molar-refractivity contribution >= 4 is 40.1 Å². The third-order valence-corrected chi connectivity index (χ3v) is 5.65. The molecule has 0 atom stereocenters. The number of hydrogen-bond donors (Lipinski definition) is 4. The quantitative estimate of drug-likeness (QED) is 0.370. The van der Waals surface area contributed by atoms with Crippen LogP contribution in [0.2, 0.25) is 0 Å². The number of hydrogen-bond acceptors (Lipinski definition) is 2. The summed E-state index contributed by atoms with van der Waals surface area (Å²) in [5.74, 6) is -0.302. The van der Waals surface area contributed by atoms with Gasteiger partial charge in [0.05, 0.1) is 5.57 Å². The Kier molecular flexibility index (Phi) is 4.67. The molecule has 0 bridgehead atoms. The standard InChI is InChI=1S/C25H22N4O2/c1-15-12-23(25(31)26-11-10-16-14-27-20-8-4-2-6-17(16)20)28-22(15)13-19-18-7-3-5-9-21(18)29-24(19)30/h2-9,12-14,27-28H,10-11H2,1H3,(H,26,31)(H,29,30)/b19-13-. The van der Waals surface area contributed by atoms with Gasteiger partial charge in [-0.2, -0.15) is 0 Å². The summed E-state index contributed by atoms with van der Waals surface area (Å²) in [5.41, 5.74) is 6.68. The minimum absolute atomic E-state index is 0.139. The Balaban J connectivity index is 1.29. The minimum Gasteiger partial charge on any atom is -0.361 e. The fraction of sp³-hybridized carbons (Fsp3) is 0.120. The molecule has 2 amide bonds. The summed E-state index contributed by atoms with van der Waals surface area (Å²) in [5, 5.41) is 7.02. The van der Waals surface area contributed by atoms with E-state index < -0.39 is 0 Å². The van der Waals surface area contributed by atoms with Crippen LogP contribution in [0.5, 0.6) is 0 Å². The van der Waals surface area contributed by atoms with E-state index in [0.717, 1.165) is 34.4 Å². The predicted octanol–water partition coefficient (Wildman–Crippen LogP) is 4.27. The van der Waals surface area contributed by atoms with Gasteiger partial charge in [0.15, 0.2) is 0 Å². The lowest BCUT2D eigenvalue weighted by Crippen LogP contribution is -2.25. The van der Waals surface area contributed by atoms with E-state index in [9.17, 15) is 9.59 Å². The number of benzene rings is 2. The Labute approximate surface area is 179 Å². The van der Waals surface area contributed by atoms with Crippen LogP contribution in [0.25, 0.3) is 22.6 Å². The molecule has 0 unspecified atom stereocenters. The first-order valence-corrected chi connectivity index (χ1v) is 10.3. The molecule has 1 aliphatic rings. The van der Waals surface area contributed by atoms with E-state index in [-0.39, 0.29) is 11.8 Å². The average molecular weight is 410 g/mol. The lowest BCUT2D eigenvalue weighted by molar-refractivity contribution is -0.110. The molecule has 0 spiro atoms. The monoisotopic (exact) mass is 410 g/mol. The second kappa shape index (κ2) is 7.65. The lowest BCUT2D eigenvalue weighted by Gasteiger charge is -2.03. The van der Waals surface area contributed by atoms with Gasteiger partial charge < -0.3 is 20.6 Å². The van der Waals surface area contributed by atoms with Crippen molar-refractivity contribution in [3.8, 4) is 0 Å². The number of carbonyl (C=O) groups excluding carboxylic acids is 2. The maximum absolute atomic E-state index is 12.7. The average Bonchev–Trinajstić information content (AvgIpc) is 3.45. The van der Waals surface area contributed by atoms with Crippen LogP contribution in [0, 0.1) is 6.92 Å². The number of aryl methyl sites for hydroxylation is 1. The van der Waals surface area contributed by atoms with E-state index in [1.807, 2.05) is 61.7 Å². The zero-order valence-corrected chi connectivity index (χ0v) is 17.1. The van der Waals surface area contributed by atoms with Gasteiger partial charge in [-0.3, -0.25) is 9.59 Å². The van der Waals surface area contributed by atoms with Gasteiger partial charge in [0.1, 0.15) is 5.69 Å². The van der Waals surface area contributed by atoms with Gasteiger partial charge in [0.25, 0.3) is 11.8 Å². The van der Waals surface area contributed by atoms with E-state index in [4.69, 9.17) is 0 Å². The van der Waals surface area contributed by atoms with Crippen molar-refractivity contribution in [1.29, 1.82) is 0 Å². The van der Waals surface area contributed by atoms with Crippen molar-refractivity contribution in [2.75, 3.05) is 11.9 Å². The Hall–Kier alpha value is -4.06. The molecule has 1 aliphatic heterocycles. The van der Waals surface area contributed by atoms with Crippen LogP contribution in [0.1, 0.15) is 32.9 Å². The van der Waals surface area contributed by atoms with Crippen LogP contribution in [0.15, 0.2) is 60.8 Å². The van der Waals surface area contributed by atoms with Crippen molar-refractivity contribution in [3.05, 3.63) is 88.9 Å². The van der Waals surface area contributed by atoms with E-state index in [0.29, 0.717) is 17.8 Å². The molecule has 6 heteroatoms. The number of amides is 2. The van der Waals surface area contributed by atoms with Crippen molar-refractivity contribution in [3.63, 3.8) is 0 Å². The number of carbonyl (C=O) groups is 2.